The van der Waals surface area contributed by atoms with Gasteiger partial charge in [-0.05, 0) is 23.2 Å². The van der Waals surface area contributed by atoms with E-state index in [1.165, 1.54) is 4.90 Å². The van der Waals surface area contributed by atoms with Crippen LogP contribution in [-0.4, -0.2) is 33.9 Å². The van der Waals surface area contributed by atoms with Crippen LogP contribution in [0.2, 0.25) is 0 Å². The molecule has 0 bridgehead atoms. The van der Waals surface area contributed by atoms with Gasteiger partial charge in [0.1, 0.15) is 0 Å². The molecule has 1 aliphatic heterocycles. The highest BCUT2D eigenvalue weighted by atomic mass is 16.4. The predicted molar refractivity (Wildman–Crippen MR) is 76.9 cm³/mol. The van der Waals surface area contributed by atoms with E-state index < -0.39 is 7.12 Å². The second kappa shape index (κ2) is 5.16. The van der Waals surface area contributed by atoms with Crippen molar-refractivity contribution < 1.29 is 19.6 Å². The van der Waals surface area contributed by atoms with Gasteiger partial charge in [-0.15, -0.1) is 0 Å². The van der Waals surface area contributed by atoms with Crippen LogP contribution in [0.4, 0.5) is 0 Å². The second-order valence-electron chi connectivity index (χ2n) is 4.86. The van der Waals surface area contributed by atoms with Crippen LogP contribution >= 0.6 is 0 Å². The van der Waals surface area contributed by atoms with E-state index in [2.05, 4.69) is 0 Å². The summed E-state index contributed by atoms with van der Waals surface area (Å²) < 4.78 is 0. The lowest BCUT2D eigenvalue weighted by molar-refractivity contribution is 0.0642. The monoisotopic (exact) mass is 281 g/mol. The summed E-state index contributed by atoms with van der Waals surface area (Å²) in [7, 11) is -1.53. The average Bonchev–Trinajstić information content (AvgIpc) is 2.73. The molecule has 21 heavy (non-hydrogen) atoms. The van der Waals surface area contributed by atoms with Gasteiger partial charge in [-0.2, -0.15) is 0 Å². The van der Waals surface area contributed by atoms with Crippen molar-refractivity contribution in [2.24, 2.45) is 0 Å². The average molecular weight is 281 g/mol. The molecule has 2 N–H and O–H groups in total. The maximum Gasteiger partial charge on any atom is 0.488 e. The first kappa shape index (κ1) is 13.5. The Morgan fingerprint density at radius 3 is 1.86 bits per heavy atom. The topological polar surface area (TPSA) is 77.8 Å². The van der Waals surface area contributed by atoms with Gasteiger partial charge in [0.2, 0.25) is 0 Å². The number of amides is 2. The molecule has 0 unspecified atom stereocenters. The predicted octanol–water partition coefficient (Wildman–Crippen LogP) is 0.163. The van der Waals surface area contributed by atoms with E-state index in [9.17, 15) is 9.59 Å². The molecule has 0 atom stereocenters. The van der Waals surface area contributed by atoms with Crippen molar-refractivity contribution in [3.63, 3.8) is 0 Å². The van der Waals surface area contributed by atoms with Gasteiger partial charge in [0.05, 0.1) is 17.7 Å². The van der Waals surface area contributed by atoms with Crippen LogP contribution in [0, 0.1) is 0 Å². The first-order valence-corrected chi connectivity index (χ1v) is 6.48. The van der Waals surface area contributed by atoms with Gasteiger partial charge in [-0.1, -0.05) is 36.4 Å². The zero-order chi connectivity index (χ0) is 15.0. The van der Waals surface area contributed by atoms with Gasteiger partial charge >= 0.3 is 7.12 Å². The Morgan fingerprint density at radius 2 is 1.38 bits per heavy atom. The molecule has 0 spiro atoms. The van der Waals surface area contributed by atoms with E-state index in [0.717, 1.165) is 5.56 Å². The Balaban J connectivity index is 1.83. The summed E-state index contributed by atoms with van der Waals surface area (Å²) in [5.41, 5.74) is 1.95. The molecule has 104 valence electrons. The third kappa shape index (κ3) is 2.35. The Labute approximate surface area is 121 Å². The van der Waals surface area contributed by atoms with Crippen molar-refractivity contribution in [2.75, 3.05) is 0 Å². The smallest absolute Gasteiger partial charge is 0.423 e. The van der Waals surface area contributed by atoms with Gasteiger partial charge in [0.15, 0.2) is 0 Å². The van der Waals surface area contributed by atoms with E-state index in [-0.39, 0.29) is 18.4 Å². The summed E-state index contributed by atoms with van der Waals surface area (Å²) >= 11 is 0. The van der Waals surface area contributed by atoms with Crippen molar-refractivity contribution in [2.45, 2.75) is 6.54 Å². The molecule has 1 aliphatic rings. The fraction of sp³-hybridized carbons (Fsp3) is 0.0667. The van der Waals surface area contributed by atoms with E-state index in [4.69, 9.17) is 10.0 Å². The van der Waals surface area contributed by atoms with Crippen molar-refractivity contribution in [1.82, 2.24) is 4.90 Å². The number of hydrogen-bond donors (Lipinski definition) is 2. The van der Waals surface area contributed by atoms with Crippen LogP contribution in [0.15, 0.2) is 48.5 Å². The Hall–Kier alpha value is -2.44. The minimum absolute atomic E-state index is 0.161. The maximum absolute atomic E-state index is 12.2. The summed E-state index contributed by atoms with van der Waals surface area (Å²) in [5, 5.41) is 18.1. The first-order chi connectivity index (χ1) is 10.1. The van der Waals surface area contributed by atoms with Gasteiger partial charge in [0, 0.05) is 0 Å². The molecule has 0 fully saturated rings. The molecule has 0 saturated carbocycles. The van der Waals surface area contributed by atoms with Crippen molar-refractivity contribution in [1.29, 1.82) is 0 Å². The Morgan fingerprint density at radius 1 is 0.857 bits per heavy atom. The number of nitrogens with zero attached hydrogens (tertiary/aromatic N) is 1. The van der Waals surface area contributed by atoms with Crippen molar-refractivity contribution in [3.8, 4) is 0 Å². The standard InChI is InChI=1S/C15H12BNO4/c18-14-12-3-1-2-4-13(12)15(19)17(14)9-10-5-7-11(8-6-10)16(20)21/h1-8,20-21H,9H2. The molecule has 3 rings (SSSR count). The first-order valence-electron chi connectivity index (χ1n) is 6.48. The van der Waals surface area contributed by atoms with Crippen molar-refractivity contribution in [3.05, 3.63) is 65.2 Å². The summed E-state index contributed by atoms with van der Waals surface area (Å²) in [6, 6.07) is 13.2. The Bertz CT molecular complexity index is 677. The molecule has 0 aliphatic carbocycles. The van der Waals surface area contributed by atoms with E-state index in [1.54, 1.807) is 48.5 Å². The summed E-state index contributed by atoms with van der Waals surface area (Å²) in [6.07, 6.45) is 0. The number of rotatable bonds is 3. The minimum atomic E-state index is -1.53. The lowest BCUT2D eigenvalue weighted by atomic mass is 9.80. The number of carbonyl (C=O) groups excluding carboxylic acids is 2. The lowest BCUT2D eigenvalue weighted by Gasteiger charge is -2.14. The molecule has 2 amide bonds. The minimum Gasteiger partial charge on any atom is -0.423 e. The second-order valence-corrected chi connectivity index (χ2v) is 4.86. The summed E-state index contributed by atoms with van der Waals surface area (Å²) in [4.78, 5) is 25.6. The SMILES string of the molecule is O=C1c2ccccc2C(=O)N1Cc1ccc(B(O)O)cc1. The van der Waals surface area contributed by atoms with Gasteiger partial charge in [0.25, 0.3) is 11.8 Å². The zero-order valence-corrected chi connectivity index (χ0v) is 11.1. The van der Waals surface area contributed by atoms with E-state index in [0.29, 0.717) is 16.6 Å². The van der Waals surface area contributed by atoms with Crippen LogP contribution in [0.25, 0.3) is 0 Å². The number of imide groups is 1. The maximum atomic E-state index is 12.2. The Kier molecular flexibility index (Phi) is 3.33. The van der Waals surface area contributed by atoms with Gasteiger partial charge in [-0.3, -0.25) is 14.5 Å². The summed E-state index contributed by atoms with van der Waals surface area (Å²) in [5.74, 6) is -0.608. The van der Waals surface area contributed by atoms with Crippen LogP contribution in [0.1, 0.15) is 26.3 Å². The third-order valence-electron chi connectivity index (χ3n) is 3.50. The highest BCUT2D eigenvalue weighted by molar-refractivity contribution is 6.58. The fourth-order valence-electron chi connectivity index (χ4n) is 2.36. The normalized spacial score (nSPS) is 13.5. The van der Waals surface area contributed by atoms with Crippen LogP contribution in [-0.2, 0) is 6.54 Å². The van der Waals surface area contributed by atoms with E-state index in [1.807, 2.05) is 0 Å². The van der Waals surface area contributed by atoms with E-state index >= 15 is 0 Å². The molecule has 2 aromatic carbocycles. The number of carbonyl (C=O) groups is 2. The van der Waals surface area contributed by atoms with Crippen molar-refractivity contribution >= 4 is 24.4 Å². The highest BCUT2D eigenvalue weighted by Gasteiger charge is 2.34. The third-order valence-corrected chi connectivity index (χ3v) is 3.50. The number of hydrogen-bond acceptors (Lipinski definition) is 4. The number of fused-ring (bicyclic) bond motifs is 1. The molecule has 2 aromatic rings. The van der Waals surface area contributed by atoms with Crippen LogP contribution < -0.4 is 5.46 Å². The molecular weight excluding hydrogens is 269 g/mol. The number of benzene rings is 2. The van der Waals surface area contributed by atoms with Gasteiger partial charge in [-0.25, -0.2) is 0 Å². The van der Waals surface area contributed by atoms with Crippen LogP contribution in [0.5, 0.6) is 0 Å². The molecule has 5 nitrogen and oxygen atoms in total. The lowest BCUT2D eigenvalue weighted by Crippen LogP contribution is -2.31. The molecule has 0 aromatic heterocycles. The van der Waals surface area contributed by atoms with Crippen LogP contribution in [0.3, 0.4) is 0 Å². The molecule has 1 heterocycles. The quantitative estimate of drug-likeness (QED) is 0.620. The fourth-order valence-corrected chi connectivity index (χ4v) is 2.36. The largest absolute Gasteiger partial charge is 0.488 e. The molecule has 0 radical (unpaired) electrons. The molecule has 6 heteroatoms. The zero-order valence-electron chi connectivity index (χ0n) is 11.1. The molecule has 0 saturated heterocycles. The highest BCUT2D eigenvalue weighted by Crippen LogP contribution is 2.23. The summed E-state index contributed by atoms with van der Waals surface area (Å²) in [6.45, 7) is 0.161. The molecular formula is C15H12BNO4. The van der Waals surface area contributed by atoms with Gasteiger partial charge < -0.3 is 10.0 Å².